The fourth-order valence-corrected chi connectivity index (χ4v) is 5.41. The lowest BCUT2D eigenvalue weighted by molar-refractivity contribution is -0.170. The van der Waals surface area contributed by atoms with Crippen LogP contribution in [0.4, 0.5) is 4.79 Å². The largest absolute Gasteiger partial charge is 0.508 e. The van der Waals surface area contributed by atoms with Crippen molar-refractivity contribution >= 4 is 44.8 Å². The third-order valence-electron chi connectivity index (χ3n) is 7.29. The molecule has 0 spiro atoms. The van der Waals surface area contributed by atoms with E-state index >= 15 is 0 Å². The van der Waals surface area contributed by atoms with E-state index in [2.05, 4.69) is 5.32 Å². The van der Waals surface area contributed by atoms with Gasteiger partial charge in [0.05, 0.1) is 6.54 Å². The molecule has 0 unspecified atom stereocenters. The summed E-state index contributed by atoms with van der Waals surface area (Å²) >= 11 is 0. The van der Waals surface area contributed by atoms with E-state index in [0.29, 0.717) is 19.5 Å². The Morgan fingerprint density at radius 1 is 0.878 bits per heavy atom. The van der Waals surface area contributed by atoms with Crippen molar-refractivity contribution in [3.05, 3.63) is 102 Å². The molecule has 2 heterocycles. The van der Waals surface area contributed by atoms with E-state index in [4.69, 9.17) is 0 Å². The summed E-state index contributed by atoms with van der Waals surface area (Å²) < 4.78 is 0. The molecule has 0 aromatic heterocycles. The predicted octanol–water partition coefficient (Wildman–Crippen LogP) is 4.37. The molecule has 2 fully saturated rings. The molecule has 220 valence electrons. The standard InChI is InChI=1S/C30H32N4O4.CH4.2H2S/c1-21-16-28(36)34-26(17-22-12-14-25(35)15-13-22)29(37)32(19-24-10-6-3-7-11-24)20-27(34)33(21)30(38)31-18-23-8-4-2-5-9-23;;;/h2-15,21,26-27,35H,16-20H2,1H3,(H,31,38);1H4;2*1H2/t21-,26+,27-;;;/m1.../s1. The molecule has 2 aliphatic heterocycles. The van der Waals surface area contributed by atoms with Crippen molar-refractivity contribution in [2.45, 2.75) is 58.5 Å². The van der Waals surface area contributed by atoms with Gasteiger partial charge in [-0.2, -0.15) is 27.0 Å². The van der Waals surface area contributed by atoms with Gasteiger partial charge in [-0.1, -0.05) is 80.2 Å². The van der Waals surface area contributed by atoms with Crippen LogP contribution in [0.25, 0.3) is 0 Å². The maximum absolute atomic E-state index is 13.8. The van der Waals surface area contributed by atoms with E-state index in [1.54, 1.807) is 39.0 Å². The second-order valence-electron chi connectivity index (χ2n) is 9.98. The van der Waals surface area contributed by atoms with Crippen LogP contribution in [0.2, 0.25) is 0 Å². The molecule has 2 N–H and O–H groups in total. The first-order valence-electron chi connectivity index (χ1n) is 12.9. The molecular formula is C31H40N4O4S2. The van der Waals surface area contributed by atoms with Crippen LogP contribution in [0.1, 0.15) is 37.5 Å². The summed E-state index contributed by atoms with van der Waals surface area (Å²) in [6.45, 7) is 2.87. The molecule has 10 heteroatoms. The minimum atomic E-state index is -0.758. The van der Waals surface area contributed by atoms with Crippen molar-refractivity contribution < 1.29 is 19.5 Å². The van der Waals surface area contributed by atoms with Crippen molar-refractivity contribution in [1.29, 1.82) is 0 Å². The molecule has 3 atom stereocenters. The Balaban J connectivity index is 0.00000196. The molecule has 4 amide bonds. The number of phenolic OH excluding ortho intramolecular Hbond substituents is 1. The smallest absolute Gasteiger partial charge is 0.319 e. The number of aromatic hydroxyl groups is 1. The zero-order valence-electron chi connectivity index (χ0n) is 22.4. The summed E-state index contributed by atoms with van der Waals surface area (Å²) in [5.41, 5.74) is 2.79. The molecule has 0 radical (unpaired) electrons. The third-order valence-corrected chi connectivity index (χ3v) is 7.29. The van der Waals surface area contributed by atoms with E-state index in [1.165, 1.54) is 0 Å². The van der Waals surface area contributed by atoms with Gasteiger partial charge < -0.3 is 20.2 Å². The van der Waals surface area contributed by atoms with Gasteiger partial charge in [0, 0.05) is 32.0 Å². The van der Waals surface area contributed by atoms with E-state index in [1.807, 2.05) is 67.6 Å². The summed E-state index contributed by atoms with van der Waals surface area (Å²) in [5, 5.41) is 12.7. The molecule has 2 aliphatic rings. The molecule has 5 rings (SSSR count). The number of urea groups is 1. The number of hydrogen-bond donors (Lipinski definition) is 2. The third kappa shape index (κ3) is 7.56. The van der Waals surface area contributed by atoms with Crippen LogP contribution in [0.3, 0.4) is 0 Å². The van der Waals surface area contributed by atoms with Gasteiger partial charge in [0.15, 0.2) is 0 Å². The molecule has 0 saturated carbocycles. The molecule has 3 aromatic carbocycles. The highest BCUT2D eigenvalue weighted by atomic mass is 32.1. The summed E-state index contributed by atoms with van der Waals surface area (Å²) in [6.07, 6.45) is -0.154. The quantitative estimate of drug-likeness (QED) is 0.442. The van der Waals surface area contributed by atoms with E-state index < -0.39 is 12.2 Å². The van der Waals surface area contributed by atoms with Crippen LogP contribution >= 0.6 is 27.0 Å². The van der Waals surface area contributed by atoms with Gasteiger partial charge >= 0.3 is 6.03 Å². The van der Waals surface area contributed by atoms with Crippen LogP contribution in [0, 0.1) is 0 Å². The van der Waals surface area contributed by atoms with Crippen LogP contribution in [-0.2, 0) is 29.1 Å². The summed E-state index contributed by atoms with van der Waals surface area (Å²) in [4.78, 5) is 45.9. The average Bonchev–Trinajstić information content (AvgIpc) is 2.92. The highest BCUT2D eigenvalue weighted by Crippen LogP contribution is 2.31. The normalized spacial score (nSPS) is 19.7. The van der Waals surface area contributed by atoms with Crippen LogP contribution in [0.15, 0.2) is 84.9 Å². The average molecular weight is 597 g/mol. The number of fused-ring (bicyclic) bond motifs is 1. The van der Waals surface area contributed by atoms with Crippen molar-refractivity contribution in [1.82, 2.24) is 20.0 Å². The maximum Gasteiger partial charge on any atom is 0.319 e. The Kier molecular flexibility index (Phi) is 12.2. The molecule has 0 bridgehead atoms. The Labute approximate surface area is 256 Å². The molecule has 3 aromatic rings. The van der Waals surface area contributed by atoms with E-state index in [0.717, 1.165) is 16.7 Å². The number of rotatable bonds is 6. The molecule has 2 saturated heterocycles. The fourth-order valence-electron chi connectivity index (χ4n) is 5.41. The van der Waals surface area contributed by atoms with Crippen molar-refractivity contribution in [3.8, 4) is 5.75 Å². The predicted molar refractivity (Wildman–Crippen MR) is 170 cm³/mol. The Morgan fingerprint density at radius 3 is 2.07 bits per heavy atom. The highest BCUT2D eigenvalue weighted by Gasteiger charge is 2.50. The SMILES string of the molecule is C.C[C@@H]1CC(=O)N2[C@H](CN(Cc3ccccc3)C(=O)[C@@H]2Cc2ccc(O)cc2)N1C(=O)NCc1ccccc1.S.S. The maximum atomic E-state index is 13.8. The van der Waals surface area contributed by atoms with Crippen LogP contribution < -0.4 is 5.32 Å². The second kappa shape index (κ2) is 14.8. The van der Waals surface area contributed by atoms with Crippen LogP contribution in [0.5, 0.6) is 5.75 Å². The molecule has 41 heavy (non-hydrogen) atoms. The summed E-state index contributed by atoms with van der Waals surface area (Å²) in [6, 6.07) is 24.7. The van der Waals surface area contributed by atoms with Crippen LogP contribution in [-0.4, -0.2) is 62.4 Å². The number of hydrogen-bond acceptors (Lipinski definition) is 4. The first-order chi connectivity index (χ1) is 18.4. The van der Waals surface area contributed by atoms with Gasteiger partial charge in [-0.15, -0.1) is 0 Å². The summed E-state index contributed by atoms with van der Waals surface area (Å²) in [7, 11) is 0. The molecule has 0 aliphatic carbocycles. The van der Waals surface area contributed by atoms with Gasteiger partial charge in [-0.3, -0.25) is 14.5 Å². The Morgan fingerprint density at radius 2 is 1.46 bits per heavy atom. The van der Waals surface area contributed by atoms with Crippen molar-refractivity contribution in [3.63, 3.8) is 0 Å². The molecular weight excluding hydrogens is 556 g/mol. The number of amides is 4. The zero-order valence-corrected chi connectivity index (χ0v) is 24.4. The number of phenols is 1. The summed E-state index contributed by atoms with van der Waals surface area (Å²) in [5.74, 6) is -0.145. The minimum absolute atomic E-state index is 0. The number of benzene rings is 3. The zero-order chi connectivity index (χ0) is 26.6. The van der Waals surface area contributed by atoms with Gasteiger partial charge in [0.25, 0.3) is 0 Å². The van der Waals surface area contributed by atoms with Gasteiger partial charge in [-0.05, 0) is 35.7 Å². The van der Waals surface area contributed by atoms with E-state index in [-0.39, 0.29) is 77.0 Å². The lowest BCUT2D eigenvalue weighted by Gasteiger charge is -2.54. The Bertz CT molecular complexity index is 1290. The van der Waals surface area contributed by atoms with Gasteiger partial charge in [0.1, 0.15) is 18.0 Å². The first-order valence-corrected chi connectivity index (χ1v) is 12.9. The Hall–Kier alpha value is -3.63. The van der Waals surface area contributed by atoms with E-state index in [9.17, 15) is 19.5 Å². The fraction of sp³-hybridized carbons (Fsp3) is 0.323. The molecule has 8 nitrogen and oxygen atoms in total. The lowest BCUT2D eigenvalue weighted by atomic mass is 9.95. The van der Waals surface area contributed by atoms with Crippen molar-refractivity contribution in [2.75, 3.05) is 6.54 Å². The second-order valence-corrected chi connectivity index (χ2v) is 9.98. The topological polar surface area (TPSA) is 93.2 Å². The number of nitrogens with one attached hydrogen (secondary N) is 1. The van der Waals surface area contributed by atoms with Gasteiger partial charge in [-0.25, -0.2) is 4.79 Å². The first kappa shape index (κ1) is 33.6. The lowest BCUT2D eigenvalue weighted by Crippen LogP contribution is -2.73. The van der Waals surface area contributed by atoms with Gasteiger partial charge in [0.2, 0.25) is 11.8 Å². The number of piperazine rings is 1. The number of nitrogens with zero attached hydrogens (tertiary/aromatic N) is 3. The number of carbonyl (C=O) groups is 3. The van der Waals surface area contributed by atoms with Crippen molar-refractivity contribution in [2.24, 2.45) is 0 Å². The number of carbonyl (C=O) groups excluding carboxylic acids is 3. The monoisotopic (exact) mass is 596 g/mol. The highest BCUT2D eigenvalue weighted by molar-refractivity contribution is 7.59. The minimum Gasteiger partial charge on any atom is -0.508 e.